The molecule has 0 unspecified atom stereocenters. The molecule has 1 aromatic rings. The lowest BCUT2D eigenvalue weighted by Crippen LogP contribution is -2.21. The van der Waals surface area contributed by atoms with Gasteiger partial charge < -0.3 is 15.3 Å². The third-order valence-electron chi connectivity index (χ3n) is 3.07. The number of amidine groups is 1. The molecule has 0 atom stereocenters. The SMILES string of the molecule is CCN(CC)c1ccc(/C=N\N=C2\NC(=O)CS2)c(O)c1. The van der Waals surface area contributed by atoms with Crippen molar-refractivity contribution in [2.75, 3.05) is 23.7 Å². The first-order chi connectivity index (χ1) is 10.1. The fraction of sp³-hybridized carbons (Fsp3) is 0.357. The molecule has 0 saturated carbocycles. The van der Waals surface area contributed by atoms with E-state index in [1.54, 1.807) is 12.1 Å². The van der Waals surface area contributed by atoms with Gasteiger partial charge in [0.05, 0.1) is 12.0 Å². The highest BCUT2D eigenvalue weighted by atomic mass is 32.2. The van der Waals surface area contributed by atoms with Crippen molar-refractivity contribution >= 4 is 34.7 Å². The fourth-order valence-corrected chi connectivity index (χ4v) is 2.58. The van der Waals surface area contributed by atoms with Crippen molar-refractivity contribution in [3.05, 3.63) is 23.8 Å². The summed E-state index contributed by atoms with van der Waals surface area (Å²) in [5, 5.41) is 20.9. The molecule has 2 rings (SSSR count). The molecule has 0 spiro atoms. The van der Waals surface area contributed by atoms with E-state index in [2.05, 4.69) is 34.3 Å². The first-order valence-electron chi connectivity index (χ1n) is 6.75. The monoisotopic (exact) mass is 306 g/mol. The van der Waals surface area contributed by atoms with Gasteiger partial charge in [0.2, 0.25) is 5.91 Å². The van der Waals surface area contributed by atoms with Gasteiger partial charge in [0.15, 0.2) is 5.17 Å². The molecule has 112 valence electrons. The zero-order chi connectivity index (χ0) is 15.2. The number of nitrogens with zero attached hydrogens (tertiary/aromatic N) is 3. The lowest BCUT2D eigenvalue weighted by molar-refractivity contribution is -0.116. The zero-order valence-electron chi connectivity index (χ0n) is 12.0. The van der Waals surface area contributed by atoms with Crippen molar-refractivity contribution in [2.24, 2.45) is 10.2 Å². The molecular weight excluding hydrogens is 288 g/mol. The Labute approximate surface area is 127 Å². The molecule has 1 heterocycles. The number of thioether (sulfide) groups is 1. The van der Waals surface area contributed by atoms with Crippen LogP contribution in [-0.2, 0) is 4.79 Å². The van der Waals surface area contributed by atoms with Crippen molar-refractivity contribution < 1.29 is 9.90 Å². The van der Waals surface area contributed by atoms with Crippen LogP contribution in [0.3, 0.4) is 0 Å². The molecular formula is C14H18N4O2S. The van der Waals surface area contributed by atoms with E-state index >= 15 is 0 Å². The number of rotatable bonds is 5. The molecule has 1 aliphatic rings. The van der Waals surface area contributed by atoms with E-state index in [0.29, 0.717) is 16.5 Å². The first-order valence-corrected chi connectivity index (χ1v) is 7.74. The summed E-state index contributed by atoms with van der Waals surface area (Å²) in [4.78, 5) is 13.1. The van der Waals surface area contributed by atoms with Crippen molar-refractivity contribution in [2.45, 2.75) is 13.8 Å². The van der Waals surface area contributed by atoms with Crippen molar-refractivity contribution in [1.82, 2.24) is 5.32 Å². The van der Waals surface area contributed by atoms with E-state index in [9.17, 15) is 9.90 Å². The topological polar surface area (TPSA) is 77.3 Å². The van der Waals surface area contributed by atoms with Gasteiger partial charge in [0, 0.05) is 30.4 Å². The van der Waals surface area contributed by atoms with E-state index in [0.717, 1.165) is 18.8 Å². The van der Waals surface area contributed by atoms with Crippen LogP contribution in [-0.4, -0.2) is 41.2 Å². The lowest BCUT2D eigenvalue weighted by Gasteiger charge is -2.21. The van der Waals surface area contributed by atoms with E-state index in [4.69, 9.17) is 0 Å². The Kier molecular flexibility index (Phi) is 5.21. The molecule has 0 aromatic heterocycles. The van der Waals surface area contributed by atoms with Gasteiger partial charge in [-0.3, -0.25) is 4.79 Å². The molecule has 1 aliphatic heterocycles. The number of amides is 1. The predicted molar refractivity (Wildman–Crippen MR) is 87.3 cm³/mol. The van der Waals surface area contributed by atoms with E-state index in [1.807, 2.05) is 6.07 Å². The maximum Gasteiger partial charge on any atom is 0.236 e. The summed E-state index contributed by atoms with van der Waals surface area (Å²) < 4.78 is 0. The summed E-state index contributed by atoms with van der Waals surface area (Å²) in [6.07, 6.45) is 1.47. The highest BCUT2D eigenvalue weighted by Gasteiger charge is 2.15. The quantitative estimate of drug-likeness (QED) is 0.642. The number of benzene rings is 1. The minimum Gasteiger partial charge on any atom is -0.507 e. The van der Waals surface area contributed by atoms with Crippen LogP contribution in [0.15, 0.2) is 28.4 Å². The molecule has 7 heteroatoms. The highest BCUT2D eigenvalue weighted by Crippen LogP contribution is 2.23. The summed E-state index contributed by atoms with van der Waals surface area (Å²) in [7, 11) is 0. The van der Waals surface area contributed by atoms with Gasteiger partial charge in [-0.2, -0.15) is 5.10 Å². The summed E-state index contributed by atoms with van der Waals surface area (Å²) in [6.45, 7) is 5.90. The van der Waals surface area contributed by atoms with Crippen LogP contribution in [0.1, 0.15) is 19.4 Å². The first kappa shape index (κ1) is 15.4. The van der Waals surface area contributed by atoms with Crippen LogP contribution < -0.4 is 10.2 Å². The fourth-order valence-electron chi connectivity index (χ4n) is 1.95. The maximum absolute atomic E-state index is 11.0. The van der Waals surface area contributed by atoms with Crippen LogP contribution in [0.5, 0.6) is 5.75 Å². The molecule has 6 nitrogen and oxygen atoms in total. The zero-order valence-corrected chi connectivity index (χ0v) is 12.9. The summed E-state index contributed by atoms with van der Waals surface area (Å²) in [5.41, 5.74) is 1.56. The number of hydrogen-bond donors (Lipinski definition) is 2. The van der Waals surface area contributed by atoms with Crippen molar-refractivity contribution in [1.29, 1.82) is 0 Å². The molecule has 1 saturated heterocycles. The predicted octanol–water partition coefficient (Wildman–Crippen LogP) is 1.79. The molecule has 1 fully saturated rings. The summed E-state index contributed by atoms with van der Waals surface area (Å²) >= 11 is 1.31. The lowest BCUT2D eigenvalue weighted by atomic mass is 10.2. The largest absolute Gasteiger partial charge is 0.507 e. The van der Waals surface area contributed by atoms with Gasteiger partial charge >= 0.3 is 0 Å². The standard InChI is InChI=1S/C14H18N4O2S/c1-3-18(4-2)11-6-5-10(12(19)7-11)8-15-17-14-16-13(20)9-21-14/h5-8,19H,3-4,9H2,1-2H3,(H,16,17,20)/b15-8-. The Morgan fingerprint density at radius 2 is 2.19 bits per heavy atom. The van der Waals surface area contributed by atoms with E-state index in [1.165, 1.54) is 18.0 Å². The maximum atomic E-state index is 11.0. The second kappa shape index (κ2) is 7.12. The average molecular weight is 306 g/mol. The van der Waals surface area contributed by atoms with Gasteiger partial charge in [-0.1, -0.05) is 11.8 Å². The Morgan fingerprint density at radius 3 is 2.76 bits per heavy atom. The van der Waals surface area contributed by atoms with Crippen LogP contribution in [0.25, 0.3) is 0 Å². The number of anilines is 1. The third kappa shape index (κ3) is 3.98. The second-order valence-corrected chi connectivity index (χ2v) is 5.37. The second-order valence-electron chi connectivity index (χ2n) is 4.40. The third-order valence-corrected chi connectivity index (χ3v) is 3.94. The molecule has 21 heavy (non-hydrogen) atoms. The van der Waals surface area contributed by atoms with Crippen LogP contribution in [0.4, 0.5) is 5.69 Å². The van der Waals surface area contributed by atoms with Crippen LogP contribution >= 0.6 is 11.8 Å². The number of phenols is 1. The molecule has 1 aromatic carbocycles. The molecule has 0 radical (unpaired) electrons. The number of aromatic hydroxyl groups is 1. The van der Waals surface area contributed by atoms with Crippen molar-refractivity contribution in [3.8, 4) is 5.75 Å². The Hall–Kier alpha value is -2.02. The molecule has 2 N–H and O–H groups in total. The number of carbonyl (C=O) groups excluding carboxylic acids is 1. The van der Waals surface area contributed by atoms with Gasteiger partial charge in [0.25, 0.3) is 0 Å². The number of phenolic OH excluding ortho intramolecular Hbond substituents is 1. The highest BCUT2D eigenvalue weighted by molar-refractivity contribution is 8.15. The Balaban J connectivity index is 2.09. The van der Waals surface area contributed by atoms with Crippen molar-refractivity contribution in [3.63, 3.8) is 0 Å². The summed E-state index contributed by atoms with van der Waals surface area (Å²) in [6, 6.07) is 5.45. The Morgan fingerprint density at radius 1 is 1.43 bits per heavy atom. The minimum atomic E-state index is -0.0691. The molecule has 1 amide bonds. The van der Waals surface area contributed by atoms with Gasteiger partial charge in [0.1, 0.15) is 5.75 Å². The molecule has 0 aliphatic carbocycles. The number of nitrogens with one attached hydrogen (secondary N) is 1. The van der Waals surface area contributed by atoms with Gasteiger partial charge in [-0.05, 0) is 26.0 Å². The van der Waals surface area contributed by atoms with Crippen LogP contribution in [0, 0.1) is 0 Å². The van der Waals surface area contributed by atoms with E-state index < -0.39 is 0 Å². The van der Waals surface area contributed by atoms with Crippen LogP contribution in [0.2, 0.25) is 0 Å². The van der Waals surface area contributed by atoms with Gasteiger partial charge in [-0.25, -0.2) is 0 Å². The number of hydrogen-bond acceptors (Lipinski definition) is 6. The normalized spacial score (nSPS) is 16.7. The minimum absolute atomic E-state index is 0.0691. The van der Waals surface area contributed by atoms with E-state index in [-0.39, 0.29) is 11.7 Å². The Bertz CT molecular complexity index is 582. The van der Waals surface area contributed by atoms with Gasteiger partial charge in [-0.15, -0.1) is 5.10 Å². The summed E-state index contributed by atoms with van der Waals surface area (Å²) in [5.74, 6) is 0.463. The smallest absolute Gasteiger partial charge is 0.236 e. The molecule has 0 bridgehead atoms. The number of carbonyl (C=O) groups is 1. The average Bonchev–Trinajstić information content (AvgIpc) is 2.88.